The molecule has 7 nitrogen and oxygen atoms in total. The van der Waals surface area contributed by atoms with Crippen LogP contribution in [0.15, 0.2) is 63.4 Å². The first-order chi connectivity index (χ1) is 23.3. The number of piperazine rings is 1. The molecule has 1 aromatic rings. The molecule has 2 heterocycles. The third kappa shape index (κ3) is 11.1. The van der Waals surface area contributed by atoms with Gasteiger partial charge in [0.2, 0.25) is 0 Å². The monoisotopic (exact) mass is 679 g/mol. The standard InChI is InChI=1S/C29H43N3OS.C9H17N3.C2H6/c1-21-19-22(6-14-29(21)33-3)27-12-5-23-20-25(31-17-15-30(2)16-18-31)9-13-28(23)32(27)24-7-10-26(34-4)11-8-24;1-5-9(11-4)6-8(2)12-7-10-3;1-2/h6-7,10,14,19,24-27H,5,8-9,11-13,15-18,20H2,1-4H3;6,10H,4-5,7H2,1-3H3;1-2H3/b;9-6-,12-8-;. The van der Waals surface area contributed by atoms with E-state index >= 15 is 0 Å². The molecule has 5 rings (SSSR count). The molecule has 1 aromatic carbocycles. The maximum atomic E-state index is 5.57. The van der Waals surface area contributed by atoms with Crippen LogP contribution in [-0.4, -0.2) is 105 Å². The van der Waals surface area contributed by atoms with E-state index in [0.717, 1.165) is 29.6 Å². The number of likely N-dealkylation sites (N-methyl/N-ethyl adjacent to an activating group) is 1. The maximum absolute atomic E-state index is 5.57. The van der Waals surface area contributed by atoms with Gasteiger partial charge in [0.25, 0.3) is 0 Å². The minimum atomic E-state index is 0.476. The van der Waals surface area contributed by atoms with Crippen molar-refractivity contribution in [2.75, 3.05) is 60.3 Å². The van der Waals surface area contributed by atoms with Gasteiger partial charge >= 0.3 is 0 Å². The van der Waals surface area contributed by atoms with Crippen molar-refractivity contribution >= 4 is 24.2 Å². The van der Waals surface area contributed by atoms with E-state index in [1.54, 1.807) is 18.4 Å². The second kappa shape index (κ2) is 21.0. The smallest absolute Gasteiger partial charge is 0.121 e. The normalized spacial score (nSPS) is 25.4. The number of aryl methyl sites for hydroxylation is 1. The van der Waals surface area contributed by atoms with Gasteiger partial charge in [-0.15, -0.1) is 0 Å². The van der Waals surface area contributed by atoms with Crippen LogP contribution in [0.1, 0.15) is 96.2 Å². The molecule has 0 saturated carbocycles. The number of hydrogen-bond acceptors (Lipinski definition) is 8. The van der Waals surface area contributed by atoms with E-state index in [4.69, 9.17) is 4.74 Å². The van der Waals surface area contributed by atoms with E-state index in [1.807, 2.05) is 52.6 Å². The minimum absolute atomic E-state index is 0.476. The molecule has 1 fully saturated rings. The van der Waals surface area contributed by atoms with Crippen LogP contribution in [0.2, 0.25) is 0 Å². The summed E-state index contributed by atoms with van der Waals surface area (Å²) in [6.07, 6.45) is 19.0. The minimum Gasteiger partial charge on any atom is -0.496 e. The first kappa shape index (κ1) is 40.0. The highest BCUT2D eigenvalue weighted by Crippen LogP contribution is 2.46. The van der Waals surface area contributed by atoms with Crippen molar-refractivity contribution in [3.8, 4) is 5.75 Å². The van der Waals surface area contributed by atoms with E-state index in [1.165, 1.54) is 82.3 Å². The molecule has 2 aliphatic heterocycles. The average Bonchev–Trinajstić information content (AvgIpc) is 3.13. The van der Waals surface area contributed by atoms with Gasteiger partial charge in [-0.3, -0.25) is 14.9 Å². The number of methoxy groups -OCH3 is 1. The number of hydrogen-bond donors (Lipinski definition) is 1. The number of thioether (sulfide) groups is 1. The fraction of sp³-hybridized carbons (Fsp3) is 0.650. The van der Waals surface area contributed by atoms with Gasteiger partial charge in [-0.1, -0.05) is 45.1 Å². The molecule has 0 amide bonds. The summed E-state index contributed by atoms with van der Waals surface area (Å²) in [7, 11) is 5.91. The molecule has 268 valence electrons. The van der Waals surface area contributed by atoms with Crippen molar-refractivity contribution in [3.63, 3.8) is 0 Å². The SMILES string of the molecule is C=N/C(=C\C(C)=N/CNC)CC.CC.COc1ccc(C2CCC3=C(CCC(N4CCN(C)CC4)C3)N2C2C=CC(SC)CC2)cc1C. The molecule has 4 aliphatic rings. The van der Waals surface area contributed by atoms with Gasteiger partial charge in [0, 0.05) is 60.6 Å². The summed E-state index contributed by atoms with van der Waals surface area (Å²) >= 11 is 2.00. The van der Waals surface area contributed by atoms with Crippen molar-refractivity contribution < 1.29 is 4.74 Å². The summed E-state index contributed by atoms with van der Waals surface area (Å²) in [6.45, 7) is 19.2. The van der Waals surface area contributed by atoms with E-state index < -0.39 is 0 Å². The molecular weight excluding hydrogens is 613 g/mol. The predicted molar refractivity (Wildman–Crippen MR) is 211 cm³/mol. The summed E-state index contributed by atoms with van der Waals surface area (Å²) < 4.78 is 5.57. The number of nitrogens with zero attached hydrogens (tertiary/aromatic N) is 5. The molecule has 1 N–H and O–H groups in total. The number of rotatable bonds is 10. The van der Waals surface area contributed by atoms with Crippen LogP contribution >= 0.6 is 11.8 Å². The average molecular weight is 679 g/mol. The van der Waals surface area contributed by atoms with Crippen LogP contribution in [-0.2, 0) is 0 Å². The van der Waals surface area contributed by atoms with Gasteiger partial charge in [-0.25, -0.2) is 0 Å². The van der Waals surface area contributed by atoms with Gasteiger partial charge in [0.15, 0.2) is 0 Å². The van der Waals surface area contributed by atoms with Crippen LogP contribution in [0.3, 0.4) is 0 Å². The Labute approximate surface area is 298 Å². The Bertz CT molecular complexity index is 1260. The molecule has 0 spiro atoms. The molecular formula is C40H66N6OS. The molecule has 0 radical (unpaired) electrons. The highest BCUT2D eigenvalue weighted by molar-refractivity contribution is 7.99. The Morgan fingerprint density at radius 3 is 2.42 bits per heavy atom. The quantitative estimate of drug-likeness (QED) is 0.199. The lowest BCUT2D eigenvalue weighted by Crippen LogP contribution is -2.50. The van der Waals surface area contributed by atoms with Crippen molar-refractivity contribution in [3.05, 3.63) is 64.5 Å². The third-order valence-corrected chi connectivity index (χ3v) is 11.2. The lowest BCUT2D eigenvalue weighted by molar-refractivity contribution is 0.0899. The summed E-state index contributed by atoms with van der Waals surface area (Å²) in [5, 5.41) is 3.63. The molecule has 1 saturated heterocycles. The first-order valence-corrected chi connectivity index (χ1v) is 19.7. The molecule has 4 unspecified atom stereocenters. The summed E-state index contributed by atoms with van der Waals surface area (Å²) in [5.74, 6) is 0.999. The molecule has 8 heteroatoms. The van der Waals surface area contributed by atoms with E-state index in [9.17, 15) is 0 Å². The third-order valence-electron chi connectivity index (χ3n) is 10.2. The largest absolute Gasteiger partial charge is 0.496 e. The van der Waals surface area contributed by atoms with Gasteiger partial charge in [0.1, 0.15) is 5.75 Å². The molecule has 4 atom stereocenters. The summed E-state index contributed by atoms with van der Waals surface area (Å²) in [6, 6.07) is 8.64. The highest BCUT2D eigenvalue weighted by Gasteiger charge is 2.38. The number of allylic oxidation sites excluding steroid dienone is 3. The van der Waals surface area contributed by atoms with Gasteiger partial charge < -0.3 is 19.9 Å². The van der Waals surface area contributed by atoms with Crippen LogP contribution in [0.4, 0.5) is 0 Å². The van der Waals surface area contributed by atoms with Crippen molar-refractivity contribution in [1.82, 2.24) is 20.0 Å². The first-order valence-electron chi connectivity index (χ1n) is 18.4. The number of ether oxygens (including phenoxy) is 1. The fourth-order valence-corrected chi connectivity index (χ4v) is 8.12. The Hall–Kier alpha value is -2.39. The van der Waals surface area contributed by atoms with Crippen LogP contribution in [0, 0.1) is 6.92 Å². The summed E-state index contributed by atoms with van der Waals surface area (Å²) in [4.78, 5) is 16.2. The Kier molecular flexibility index (Phi) is 17.5. The lowest BCUT2D eigenvalue weighted by atomic mass is 9.80. The topological polar surface area (TPSA) is 55.7 Å². The Morgan fingerprint density at radius 1 is 1.08 bits per heavy atom. The molecule has 48 heavy (non-hydrogen) atoms. The van der Waals surface area contributed by atoms with Gasteiger partial charge in [-0.05, 0) is 121 Å². The molecule has 0 bridgehead atoms. The number of benzene rings is 1. The number of nitrogens with one attached hydrogen (secondary N) is 1. The zero-order valence-corrected chi connectivity index (χ0v) is 32.5. The van der Waals surface area contributed by atoms with Crippen LogP contribution < -0.4 is 10.1 Å². The van der Waals surface area contributed by atoms with Crippen molar-refractivity contribution in [1.29, 1.82) is 0 Å². The fourth-order valence-electron chi connectivity index (χ4n) is 7.50. The van der Waals surface area contributed by atoms with E-state index in [-0.39, 0.29) is 0 Å². The zero-order chi connectivity index (χ0) is 35.1. The maximum Gasteiger partial charge on any atom is 0.121 e. The van der Waals surface area contributed by atoms with Crippen LogP contribution in [0.25, 0.3) is 0 Å². The zero-order valence-electron chi connectivity index (χ0n) is 31.7. The second-order valence-corrected chi connectivity index (χ2v) is 14.3. The van der Waals surface area contributed by atoms with Crippen molar-refractivity contribution in [2.45, 2.75) is 109 Å². The van der Waals surface area contributed by atoms with E-state index in [0.29, 0.717) is 24.0 Å². The number of aliphatic imine (C=N–C) groups is 2. The van der Waals surface area contributed by atoms with Crippen molar-refractivity contribution in [2.24, 2.45) is 9.98 Å². The van der Waals surface area contributed by atoms with Crippen LogP contribution in [0.5, 0.6) is 5.75 Å². The Balaban J connectivity index is 0.000000380. The summed E-state index contributed by atoms with van der Waals surface area (Å²) in [5.41, 5.74) is 8.12. The second-order valence-electron chi connectivity index (χ2n) is 13.2. The Morgan fingerprint density at radius 2 is 1.83 bits per heavy atom. The van der Waals surface area contributed by atoms with E-state index in [2.05, 4.69) is 87.3 Å². The highest BCUT2D eigenvalue weighted by atomic mass is 32.2. The lowest BCUT2D eigenvalue weighted by Gasteiger charge is -2.50. The van der Waals surface area contributed by atoms with Gasteiger partial charge in [-0.2, -0.15) is 11.8 Å². The molecule has 0 aromatic heterocycles. The van der Waals surface area contributed by atoms with Gasteiger partial charge in [0.05, 0.1) is 19.8 Å². The molecule has 2 aliphatic carbocycles. The predicted octanol–water partition coefficient (Wildman–Crippen LogP) is 8.29.